The number of benzene rings is 2. The molecule has 2 saturated heterocycles. The second-order valence-electron chi connectivity index (χ2n) is 10.5. The van der Waals surface area contributed by atoms with Gasteiger partial charge >= 0.3 is 0 Å². The lowest BCUT2D eigenvalue weighted by Crippen LogP contribution is -2.60. The van der Waals surface area contributed by atoms with Crippen LogP contribution in [0.3, 0.4) is 0 Å². The van der Waals surface area contributed by atoms with Crippen molar-refractivity contribution in [2.45, 2.75) is 67.5 Å². The number of phenolic OH excluding ortho intramolecular Hbond substituents is 4. The molecule has 0 saturated carbocycles. The first-order valence-electron chi connectivity index (χ1n) is 13.3. The maximum absolute atomic E-state index is 10.9. The van der Waals surface area contributed by atoms with Gasteiger partial charge in [-0.15, -0.1) is 0 Å². The number of hydrogen-bond donors (Lipinski definition) is 12. The van der Waals surface area contributed by atoms with Crippen LogP contribution in [-0.4, -0.2) is 141 Å². The van der Waals surface area contributed by atoms with E-state index in [0.29, 0.717) is 0 Å². The number of aliphatic hydroxyl groups is 9. The highest BCUT2D eigenvalue weighted by Crippen LogP contribution is 2.48. The Labute approximate surface area is 247 Å². The van der Waals surface area contributed by atoms with Crippen LogP contribution in [0.25, 0.3) is 6.08 Å². The molecular weight excluding hydrogens is 596 g/mol. The molecule has 3 aliphatic heterocycles. The molecule has 44 heavy (non-hydrogen) atoms. The summed E-state index contributed by atoms with van der Waals surface area (Å²) in [5.74, 6) is -3.04. The summed E-state index contributed by atoms with van der Waals surface area (Å²) in [4.78, 5) is 0. The summed E-state index contributed by atoms with van der Waals surface area (Å²) in [5.41, 5.74) is 0.0493. The zero-order chi connectivity index (χ0) is 32.0. The van der Waals surface area contributed by atoms with Gasteiger partial charge in [-0.05, 0) is 12.1 Å². The van der Waals surface area contributed by atoms with E-state index in [1.807, 2.05) is 0 Å². The van der Waals surface area contributed by atoms with Crippen LogP contribution in [0, 0.1) is 0 Å². The van der Waals surface area contributed by atoms with Gasteiger partial charge in [0.05, 0.1) is 24.8 Å². The van der Waals surface area contributed by atoms with Crippen LogP contribution in [0.4, 0.5) is 0 Å². The molecule has 13 N–H and O–H groups in total. The maximum Gasteiger partial charge on any atom is 0.270 e. The van der Waals surface area contributed by atoms with Gasteiger partial charge in [-0.3, -0.25) is 0 Å². The van der Waals surface area contributed by atoms with E-state index in [2.05, 4.69) is 4.74 Å². The molecule has 0 aliphatic carbocycles. The normalized spacial score (nSPS) is 35.3. The van der Waals surface area contributed by atoms with Gasteiger partial charge in [0.1, 0.15) is 65.9 Å². The Morgan fingerprint density at radius 2 is 1.16 bits per heavy atom. The highest BCUT2D eigenvalue weighted by molar-refractivity contribution is 5.69. The van der Waals surface area contributed by atoms with Crippen molar-refractivity contribution in [1.29, 1.82) is 0 Å². The molecule has 2 aromatic carbocycles. The smallest absolute Gasteiger partial charge is 0.270 e. The quantitative estimate of drug-likeness (QED) is 0.106. The molecule has 0 spiro atoms. The van der Waals surface area contributed by atoms with Gasteiger partial charge in [-0.25, -0.2) is 0 Å². The number of fused-ring (bicyclic) bond motifs is 1. The Morgan fingerprint density at radius 3 is 1.68 bits per heavy atom. The predicted molar refractivity (Wildman–Crippen MR) is 141 cm³/mol. The Morgan fingerprint density at radius 1 is 0.636 bits per heavy atom. The molecule has 2 aromatic rings. The van der Waals surface area contributed by atoms with E-state index in [9.17, 15) is 61.3 Å². The third-order valence-corrected chi connectivity index (χ3v) is 7.54. The number of aromatic hydroxyl groups is 5. The standard InChI is InChI=1S/C27H32O17/c28-6-16-19(34)21(36)23(38)26(43-16)40-9-3-11(30)10-5-15(42-27-24(39)22(37)20(35)17(7-29)44-27)25(41-14(10)4-9)8-1-12(31)18(33)13(32)2-8/h1-5,16-17,19-39H,6-7H2/p+1/t16-,17+,19+,20+,21-,22+,23+,24+,25?,26+,27+/m0/s1. The van der Waals surface area contributed by atoms with Crippen molar-refractivity contribution in [2.75, 3.05) is 13.2 Å². The van der Waals surface area contributed by atoms with Crippen molar-refractivity contribution in [1.82, 2.24) is 0 Å². The van der Waals surface area contributed by atoms with Gasteiger partial charge in [-0.2, -0.15) is 0 Å². The Balaban J connectivity index is 1.51. The largest absolute Gasteiger partial charge is 0.571 e. The molecule has 0 aromatic heterocycles. The fraction of sp³-hybridized carbons (Fsp3) is 0.481. The minimum Gasteiger partial charge on any atom is -0.571 e. The first kappa shape index (κ1) is 31.8. The molecule has 17 heteroatoms. The Kier molecular flexibility index (Phi) is 8.96. The summed E-state index contributed by atoms with van der Waals surface area (Å²) in [5, 5.41) is 121. The van der Waals surface area contributed by atoms with Crippen LogP contribution in [-0.2, 0) is 14.2 Å². The van der Waals surface area contributed by atoms with Crippen LogP contribution in [0.1, 0.15) is 17.2 Å². The van der Waals surface area contributed by atoms with Crippen LogP contribution < -0.4 is 4.74 Å². The summed E-state index contributed by atoms with van der Waals surface area (Å²) >= 11 is 0. The summed E-state index contributed by atoms with van der Waals surface area (Å²) < 4.78 is 26.7. The molecule has 242 valence electrons. The van der Waals surface area contributed by atoms with Crippen LogP contribution in [0.5, 0.6) is 34.5 Å². The summed E-state index contributed by atoms with van der Waals surface area (Å²) in [6.07, 6.45) is -16.3. The number of aliphatic hydroxyl groups excluding tert-OH is 8. The van der Waals surface area contributed by atoms with Gasteiger partial charge in [-0.1, -0.05) is 0 Å². The third-order valence-electron chi connectivity index (χ3n) is 7.54. The zero-order valence-electron chi connectivity index (χ0n) is 22.6. The number of hydrogen-bond acceptors (Lipinski definition) is 16. The minimum absolute atomic E-state index is 0.0165. The molecular formula is C27H33O17+. The molecule has 0 radical (unpaired) electrons. The average molecular weight is 630 g/mol. The summed E-state index contributed by atoms with van der Waals surface area (Å²) in [6.45, 7) is -1.44. The van der Waals surface area contributed by atoms with E-state index in [1.165, 1.54) is 12.1 Å². The van der Waals surface area contributed by atoms with Crippen molar-refractivity contribution in [3.8, 4) is 34.5 Å². The first-order valence-corrected chi connectivity index (χ1v) is 13.3. The molecule has 1 unspecified atom stereocenters. The predicted octanol–water partition coefficient (Wildman–Crippen LogP) is -3.16. The van der Waals surface area contributed by atoms with E-state index in [4.69, 9.17) is 18.9 Å². The molecule has 3 heterocycles. The number of ether oxygens (including phenoxy) is 5. The van der Waals surface area contributed by atoms with Gasteiger partial charge in [0.25, 0.3) is 11.9 Å². The van der Waals surface area contributed by atoms with E-state index in [-0.39, 0.29) is 28.4 Å². The van der Waals surface area contributed by atoms with E-state index in [0.717, 1.165) is 18.2 Å². The fourth-order valence-electron chi connectivity index (χ4n) is 5.06. The monoisotopic (exact) mass is 629 g/mol. The van der Waals surface area contributed by atoms with E-state index in [1.54, 1.807) is 0 Å². The topological polar surface area (TPSA) is 292 Å². The van der Waals surface area contributed by atoms with E-state index < -0.39 is 104 Å². The fourth-order valence-corrected chi connectivity index (χ4v) is 5.06. The molecule has 0 bridgehead atoms. The van der Waals surface area contributed by atoms with E-state index >= 15 is 0 Å². The second kappa shape index (κ2) is 12.4. The highest BCUT2D eigenvalue weighted by Gasteiger charge is 2.47. The summed E-state index contributed by atoms with van der Waals surface area (Å²) in [7, 11) is 0. The lowest BCUT2D eigenvalue weighted by atomic mass is 9.98. The average Bonchev–Trinajstić information content (AvgIpc) is 3.00. The number of rotatable bonds is 7. The molecule has 2 fully saturated rings. The van der Waals surface area contributed by atoms with Crippen LogP contribution >= 0.6 is 0 Å². The van der Waals surface area contributed by atoms with Crippen molar-refractivity contribution >= 4 is 6.08 Å². The molecule has 0 amide bonds. The number of phenols is 4. The Hall–Kier alpha value is -3.62. The first-order chi connectivity index (χ1) is 20.8. The summed E-state index contributed by atoms with van der Waals surface area (Å²) in [6, 6.07) is 4.47. The van der Waals surface area contributed by atoms with Crippen molar-refractivity contribution < 1.29 is 85.0 Å². The maximum atomic E-state index is 10.9. The zero-order valence-corrected chi connectivity index (χ0v) is 22.6. The lowest BCUT2D eigenvalue weighted by Gasteiger charge is -2.40. The Bertz CT molecular complexity index is 1360. The molecule has 17 nitrogen and oxygen atoms in total. The molecule has 11 atom stereocenters. The second-order valence-corrected chi connectivity index (χ2v) is 10.5. The van der Waals surface area contributed by atoms with Gasteiger partial charge < -0.3 is 85.0 Å². The minimum atomic E-state index is -1.82. The van der Waals surface area contributed by atoms with Crippen LogP contribution in [0.15, 0.2) is 30.0 Å². The lowest BCUT2D eigenvalue weighted by molar-refractivity contribution is -0.295. The van der Waals surface area contributed by atoms with Crippen molar-refractivity contribution in [2.24, 2.45) is 0 Å². The third kappa shape index (κ3) is 5.77. The molecule has 5 rings (SSSR count). The van der Waals surface area contributed by atoms with Gasteiger partial charge in [0.15, 0.2) is 23.0 Å². The van der Waals surface area contributed by atoms with Gasteiger partial charge in [0.2, 0.25) is 12.6 Å². The van der Waals surface area contributed by atoms with Crippen LogP contribution in [0.2, 0.25) is 0 Å². The SMILES string of the molecule is OC[C@@H]1O[C@@H](Oc2cc(O)c3c(c2)[OH+]C(c2cc(O)c(O)c(O)c2)C(O[C@@H]2O[C@H](CO)[C@@H](O)[C@@H](O)[C@H]2O)=C3)[C@H](O)[C@@H](O)[C@@H]1O. The van der Waals surface area contributed by atoms with Crippen molar-refractivity contribution in [3.05, 3.63) is 41.2 Å². The molecule has 3 aliphatic rings. The highest BCUT2D eigenvalue weighted by atomic mass is 16.7. The van der Waals surface area contributed by atoms with Crippen molar-refractivity contribution in [3.63, 3.8) is 0 Å². The van der Waals surface area contributed by atoms with Gasteiger partial charge in [0, 0.05) is 12.1 Å².